The van der Waals surface area contributed by atoms with Crippen molar-refractivity contribution >= 4 is 5.91 Å². The van der Waals surface area contributed by atoms with Crippen molar-refractivity contribution in [1.29, 1.82) is 0 Å². The zero-order chi connectivity index (χ0) is 16.3. The van der Waals surface area contributed by atoms with Gasteiger partial charge in [0.05, 0.1) is 13.2 Å². The molecule has 0 aliphatic carbocycles. The number of amides is 1. The van der Waals surface area contributed by atoms with Gasteiger partial charge in [0, 0.05) is 32.4 Å². The highest BCUT2D eigenvalue weighted by atomic mass is 16.7. The molecule has 126 valence electrons. The van der Waals surface area contributed by atoms with E-state index in [1.54, 1.807) is 0 Å². The zero-order valence-electron chi connectivity index (χ0n) is 14.2. The van der Waals surface area contributed by atoms with Crippen molar-refractivity contribution in [2.45, 2.75) is 51.2 Å². The second kappa shape index (κ2) is 7.02. The molecule has 1 aromatic rings. The molecule has 23 heavy (non-hydrogen) atoms. The topological polar surface area (TPSA) is 38.8 Å². The molecule has 0 atom stereocenters. The second-order valence-corrected chi connectivity index (χ2v) is 6.88. The molecular formula is C19H27NO3. The summed E-state index contributed by atoms with van der Waals surface area (Å²) in [6.45, 7) is 7.23. The van der Waals surface area contributed by atoms with Gasteiger partial charge in [-0.05, 0) is 23.5 Å². The smallest absolute Gasteiger partial charge is 0.222 e. The third-order valence-corrected chi connectivity index (χ3v) is 4.97. The number of benzene rings is 1. The highest BCUT2D eigenvalue weighted by Gasteiger charge is 2.40. The van der Waals surface area contributed by atoms with E-state index in [1.807, 2.05) is 4.90 Å². The Hall–Kier alpha value is -1.39. The summed E-state index contributed by atoms with van der Waals surface area (Å²) in [6, 6.07) is 8.63. The van der Waals surface area contributed by atoms with E-state index in [2.05, 4.69) is 38.1 Å². The van der Waals surface area contributed by atoms with E-state index in [4.69, 9.17) is 9.47 Å². The molecule has 2 aliphatic rings. The molecule has 3 rings (SSSR count). The Morgan fingerprint density at radius 2 is 1.74 bits per heavy atom. The Morgan fingerprint density at radius 1 is 1.13 bits per heavy atom. The van der Waals surface area contributed by atoms with Crippen LogP contribution >= 0.6 is 0 Å². The highest BCUT2D eigenvalue weighted by Crippen LogP contribution is 2.31. The van der Waals surface area contributed by atoms with Crippen LogP contribution in [0.2, 0.25) is 0 Å². The summed E-state index contributed by atoms with van der Waals surface area (Å²) in [5.41, 5.74) is 2.58. The van der Waals surface area contributed by atoms with Crippen molar-refractivity contribution in [1.82, 2.24) is 4.90 Å². The van der Waals surface area contributed by atoms with E-state index in [1.165, 1.54) is 11.1 Å². The fourth-order valence-electron chi connectivity index (χ4n) is 3.36. The van der Waals surface area contributed by atoms with Crippen LogP contribution in [0.4, 0.5) is 0 Å². The van der Waals surface area contributed by atoms with Gasteiger partial charge in [-0.1, -0.05) is 38.1 Å². The fraction of sp³-hybridized carbons (Fsp3) is 0.632. The summed E-state index contributed by atoms with van der Waals surface area (Å²) >= 11 is 0. The number of nitrogens with zero attached hydrogens (tertiary/aromatic N) is 1. The van der Waals surface area contributed by atoms with Gasteiger partial charge in [-0.2, -0.15) is 0 Å². The maximum atomic E-state index is 12.4. The van der Waals surface area contributed by atoms with Crippen LogP contribution < -0.4 is 0 Å². The van der Waals surface area contributed by atoms with Gasteiger partial charge in [0.15, 0.2) is 5.79 Å². The number of rotatable bonds is 4. The number of piperidine rings is 1. The summed E-state index contributed by atoms with van der Waals surface area (Å²) in [7, 11) is 0. The standard InChI is InChI=1S/C19H27NO3/c1-15(2)17-6-3-16(4-7-17)5-8-18(21)20-11-9-19(10-12-20)22-13-14-23-19/h3-4,6-7,15H,5,8-14H2,1-2H3. The van der Waals surface area contributed by atoms with Crippen molar-refractivity contribution in [2.75, 3.05) is 26.3 Å². The van der Waals surface area contributed by atoms with Crippen LogP contribution in [0.25, 0.3) is 0 Å². The van der Waals surface area contributed by atoms with Crippen molar-refractivity contribution < 1.29 is 14.3 Å². The van der Waals surface area contributed by atoms with Crippen molar-refractivity contribution in [3.8, 4) is 0 Å². The maximum absolute atomic E-state index is 12.4. The normalized spacial score (nSPS) is 20.4. The van der Waals surface area contributed by atoms with Gasteiger partial charge < -0.3 is 14.4 Å². The molecule has 0 N–H and O–H groups in total. The molecule has 4 heteroatoms. The predicted molar refractivity (Wildman–Crippen MR) is 89.3 cm³/mol. The van der Waals surface area contributed by atoms with Crippen LogP contribution in [-0.4, -0.2) is 42.9 Å². The number of ether oxygens (including phenoxy) is 2. The third-order valence-electron chi connectivity index (χ3n) is 4.97. The van der Waals surface area contributed by atoms with Gasteiger partial charge in [0.1, 0.15) is 0 Å². The lowest BCUT2D eigenvalue weighted by Crippen LogP contribution is -2.47. The molecule has 2 heterocycles. The minimum atomic E-state index is -0.399. The summed E-state index contributed by atoms with van der Waals surface area (Å²) < 4.78 is 11.4. The van der Waals surface area contributed by atoms with Gasteiger partial charge in [0.25, 0.3) is 0 Å². The number of hydrogen-bond acceptors (Lipinski definition) is 3. The molecule has 1 spiro atoms. The largest absolute Gasteiger partial charge is 0.347 e. The lowest BCUT2D eigenvalue weighted by Gasteiger charge is -2.37. The van der Waals surface area contributed by atoms with E-state index < -0.39 is 5.79 Å². The van der Waals surface area contributed by atoms with Crippen LogP contribution in [-0.2, 0) is 20.7 Å². The highest BCUT2D eigenvalue weighted by molar-refractivity contribution is 5.76. The zero-order valence-corrected chi connectivity index (χ0v) is 14.2. The van der Waals surface area contributed by atoms with Crippen LogP contribution in [0.3, 0.4) is 0 Å². The first-order valence-corrected chi connectivity index (χ1v) is 8.72. The molecule has 2 fully saturated rings. The first kappa shape index (κ1) is 16.5. The van der Waals surface area contributed by atoms with Gasteiger partial charge in [-0.15, -0.1) is 0 Å². The molecule has 0 saturated carbocycles. The molecule has 2 aliphatic heterocycles. The minimum Gasteiger partial charge on any atom is -0.347 e. The number of likely N-dealkylation sites (tertiary alicyclic amines) is 1. The quantitative estimate of drug-likeness (QED) is 0.856. The molecule has 1 amide bonds. The van der Waals surface area contributed by atoms with Crippen LogP contribution in [0, 0.1) is 0 Å². The van der Waals surface area contributed by atoms with Gasteiger partial charge in [0.2, 0.25) is 5.91 Å². The summed E-state index contributed by atoms with van der Waals surface area (Å²) in [4.78, 5) is 14.4. The van der Waals surface area contributed by atoms with Crippen molar-refractivity contribution in [3.63, 3.8) is 0 Å². The molecule has 1 aromatic carbocycles. The van der Waals surface area contributed by atoms with Gasteiger partial charge in [-0.25, -0.2) is 0 Å². The number of carbonyl (C=O) groups is 1. The van der Waals surface area contributed by atoms with E-state index in [0.717, 1.165) is 32.4 Å². The van der Waals surface area contributed by atoms with Crippen molar-refractivity contribution in [2.24, 2.45) is 0 Å². The Morgan fingerprint density at radius 3 is 2.30 bits per heavy atom. The fourth-order valence-corrected chi connectivity index (χ4v) is 3.36. The lowest BCUT2D eigenvalue weighted by atomic mass is 9.99. The summed E-state index contributed by atoms with van der Waals surface area (Å²) in [6.07, 6.45) is 2.98. The number of aryl methyl sites for hydroxylation is 1. The Kier molecular flexibility index (Phi) is 5.02. The molecule has 4 nitrogen and oxygen atoms in total. The molecule has 2 saturated heterocycles. The average molecular weight is 317 g/mol. The predicted octanol–water partition coefficient (Wildman–Crippen LogP) is 3.11. The van der Waals surface area contributed by atoms with Gasteiger partial charge >= 0.3 is 0 Å². The van der Waals surface area contributed by atoms with Crippen LogP contribution in [0.1, 0.15) is 50.2 Å². The van der Waals surface area contributed by atoms with Gasteiger partial charge in [-0.3, -0.25) is 4.79 Å². The minimum absolute atomic E-state index is 0.241. The second-order valence-electron chi connectivity index (χ2n) is 6.88. The maximum Gasteiger partial charge on any atom is 0.222 e. The Bertz CT molecular complexity index is 522. The molecule has 0 unspecified atom stereocenters. The monoisotopic (exact) mass is 317 g/mol. The Labute approximate surface area is 138 Å². The summed E-state index contributed by atoms with van der Waals surface area (Å²) in [5, 5.41) is 0. The number of carbonyl (C=O) groups excluding carboxylic acids is 1. The first-order valence-electron chi connectivity index (χ1n) is 8.72. The third kappa shape index (κ3) is 3.93. The summed E-state index contributed by atoms with van der Waals surface area (Å²) in [5.74, 6) is 0.390. The molecule has 0 bridgehead atoms. The average Bonchev–Trinajstić information content (AvgIpc) is 3.02. The number of hydrogen-bond donors (Lipinski definition) is 0. The Balaban J connectivity index is 1.46. The molecular weight excluding hydrogens is 290 g/mol. The van der Waals surface area contributed by atoms with E-state index in [9.17, 15) is 4.79 Å². The van der Waals surface area contributed by atoms with E-state index in [0.29, 0.717) is 25.6 Å². The molecule has 0 aromatic heterocycles. The SMILES string of the molecule is CC(C)c1ccc(CCC(=O)N2CCC3(CC2)OCCO3)cc1. The van der Waals surface area contributed by atoms with Crippen LogP contribution in [0.5, 0.6) is 0 Å². The van der Waals surface area contributed by atoms with E-state index in [-0.39, 0.29) is 5.91 Å². The lowest BCUT2D eigenvalue weighted by molar-refractivity contribution is -0.187. The first-order chi connectivity index (χ1) is 11.1. The van der Waals surface area contributed by atoms with Crippen LogP contribution in [0.15, 0.2) is 24.3 Å². The molecule has 0 radical (unpaired) electrons. The van der Waals surface area contributed by atoms with Crippen molar-refractivity contribution in [3.05, 3.63) is 35.4 Å². The van der Waals surface area contributed by atoms with E-state index >= 15 is 0 Å².